The van der Waals surface area contributed by atoms with Gasteiger partial charge in [0.05, 0.1) is 17.7 Å². The summed E-state index contributed by atoms with van der Waals surface area (Å²) >= 11 is 0. The van der Waals surface area contributed by atoms with Crippen LogP contribution in [0.4, 0.5) is 0 Å². The number of rotatable bonds is 4. The molecule has 96 valence electrons. The zero-order chi connectivity index (χ0) is 13.7. The summed E-state index contributed by atoms with van der Waals surface area (Å²) < 4.78 is 4.25. The van der Waals surface area contributed by atoms with Crippen LogP contribution in [-0.2, 0) is 9.53 Å². The molecule has 0 radical (unpaired) electrons. The highest BCUT2D eigenvalue weighted by Crippen LogP contribution is 2.06. The molecule has 1 rings (SSSR count). The number of ether oxygens (including phenoxy) is 1. The number of carbonyl (C=O) groups excluding carboxylic acids is 2. The predicted octanol–water partition coefficient (Wildman–Crippen LogP) is -0.579. The molecule has 0 bridgehead atoms. The lowest BCUT2D eigenvalue weighted by Gasteiger charge is -2.06. The number of hydrogen-bond acceptors (Lipinski definition) is 6. The van der Waals surface area contributed by atoms with Crippen LogP contribution in [0.2, 0.25) is 0 Å². The quantitative estimate of drug-likeness (QED) is 0.485. The molecule has 18 heavy (non-hydrogen) atoms. The Morgan fingerprint density at radius 3 is 2.06 bits per heavy atom. The van der Waals surface area contributed by atoms with E-state index in [9.17, 15) is 14.4 Å². The van der Waals surface area contributed by atoms with Crippen molar-refractivity contribution in [3.05, 3.63) is 35.4 Å². The minimum atomic E-state index is -1.78. The summed E-state index contributed by atoms with van der Waals surface area (Å²) in [6.07, 6.45) is -1.78. The molecule has 0 aliphatic carbocycles. The molecule has 3 N–H and O–H groups in total. The van der Waals surface area contributed by atoms with Crippen molar-refractivity contribution in [2.45, 2.75) is 6.10 Å². The number of aliphatic hydroxyl groups excluding tert-OH is 2. The van der Waals surface area contributed by atoms with Crippen molar-refractivity contribution >= 4 is 17.9 Å². The Morgan fingerprint density at radius 2 is 1.61 bits per heavy atom. The van der Waals surface area contributed by atoms with Gasteiger partial charge in [0.15, 0.2) is 6.10 Å². The molecule has 1 atom stereocenters. The van der Waals surface area contributed by atoms with Crippen molar-refractivity contribution in [3.8, 4) is 0 Å². The first-order valence-corrected chi connectivity index (χ1v) is 4.84. The van der Waals surface area contributed by atoms with Gasteiger partial charge in [0, 0.05) is 0 Å². The van der Waals surface area contributed by atoms with E-state index in [1.165, 1.54) is 24.3 Å². The number of aromatic carboxylic acids is 1. The topological polar surface area (TPSA) is 121 Å². The largest absolute Gasteiger partial charge is 0.478 e. The second kappa shape index (κ2) is 5.89. The molecule has 1 unspecified atom stereocenters. The highest BCUT2D eigenvalue weighted by Gasteiger charge is 2.20. The summed E-state index contributed by atoms with van der Waals surface area (Å²) in [6, 6.07) is 4.69. The van der Waals surface area contributed by atoms with E-state index in [1.807, 2.05) is 0 Å². The van der Waals surface area contributed by atoms with Crippen LogP contribution >= 0.6 is 0 Å². The van der Waals surface area contributed by atoms with Crippen LogP contribution in [0.3, 0.4) is 0 Å². The van der Waals surface area contributed by atoms with Crippen LogP contribution in [0.25, 0.3) is 0 Å². The Balaban J connectivity index is 2.73. The number of benzene rings is 1. The Hall–Kier alpha value is -2.25. The highest BCUT2D eigenvalue weighted by atomic mass is 16.6. The lowest BCUT2D eigenvalue weighted by molar-refractivity contribution is -0.149. The molecular weight excluding hydrogens is 244 g/mol. The number of carbonyl (C=O) groups is 3. The molecule has 0 fully saturated rings. The van der Waals surface area contributed by atoms with E-state index in [-0.39, 0.29) is 11.1 Å². The van der Waals surface area contributed by atoms with Gasteiger partial charge in [-0.1, -0.05) is 0 Å². The maximum absolute atomic E-state index is 11.4. The fourth-order valence-corrected chi connectivity index (χ4v) is 1.04. The molecule has 0 aliphatic rings. The van der Waals surface area contributed by atoms with E-state index < -0.39 is 30.6 Å². The Bertz CT molecular complexity index is 463. The van der Waals surface area contributed by atoms with E-state index in [0.29, 0.717) is 0 Å². The van der Waals surface area contributed by atoms with Crippen LogP contribution in [0.5, 0.6) is 0 Å². The zero-order valence-electron chi connectivity index (χ0n) is 9.07. The molecule has 1 aromatic rings. The van der Waals surface area contributed by atoms with Gasteiger partial charge in [0.2, 0.25) is 0 Å². The molecular formula is C11H10O7. The van der Waals surface area contributed by atoms with E-state index in [1.54, 1.807) is 0 Å². The van der Waals surface area contributed by atoms with Gasteiger partial charge in [-0.2, -0.15) is 0 Å². The van der Waals surface area contributed by atoms with Gasteiger partial charge < -0.3 is 20.1 Å². The van der Waals surface area contributed by atoms with E-state index in [4.69, 9.17) is 15.3 Å². The van der Waals surface area contributed by atoms with Crippen LogP contribution in [0.15, 0.2) is 24.3 Å². The standard InChI is InChI=1S/C11H10O7/c12-5-8(13)11(17)18-10(16)7-3-1-6(2-4-7)9(14)15/h1-4,8,12-13H,5H2,(H,14,15). The maximum atomic E-state index is 11.4. The normalized spacial score (nSPS) is 11.7. The summed E-state index contributed by atoms with van der Waals surface area (Å²) in [5.74, 6) is -3.46. The first kappa shape index (κ1) is 13.8. The van der Waals surface area contributed by atoms with Crippen LogP contribution in [0, 0.1) is 0 Å². The van der Waals surface area contributed by atoms with E-state index in [0.717, 1.165) is 0 Å². The number of hydrogen-bond donors (Lipinski definition) is 3. The first-order chi connectivity index (χ1) is 8.45. The lowest BCUT2D eigenvalue weighted by Crippen LogP contribution is -2.28. The molecule has 0 heterocycles. The van der Waals surface area contributed by atoms with Gasteiger partial charge in [0.1, 0.15) is 0 Å². The van der Waals surface area contributed by atoms with Crippen LogP contribution in [-0.4, -0.2) is 45.9 Å². The lowest BCUT2D eigenvalue weighted by atomic mass is 10.1. The Labute approximate surface area is 101 Å². The summed E-state index contributed by atoms with van der Waals surface area (Å²) in [5, 5.41) is 26.0. The third-order valence-corrected chi connectivity index (χ3v) is 2.01. The first-order valence-electron chi connectivity index (χ1n) is 4.84. The molecule has 7 heteroatoms. The number of aliphatic hydroxyl groups is 2. The molecule has 1 aromatic carbocycles. The van der Waals surface area contributed by atoms with E-state index in [2.05, 4.69) is 4.74 Å². The minimum Gasteiger partial charge on any atom is -0.478 e. The fourth-order valence-electron chi connectivity index (χ4n) is 1.04. The SMILES string of the molecule is O=C(O)c1ccc(C(=O)OC(=O)C(O)CO)cc1. The van der Waals surface area contributed by atoms with Crippen molar-refractivity contribution in [3.63, 3.8) is 0 Å². The molecule has 0 aliphatic heterocycles. The second-order valence-corrected chi connectivity index (χ2v) is 3.29. The van der Waals surface area contributed by atoms with Gasteiger partial charge in [-0.15, -0.1) is 0 Å². The van der Waals surface area contributed by atoms with Gasteiger partial charge >= 0.3 is 17.9 Å². The van der Waals surface area contributed by atoms with Crippen LogP contribution in [0.1, 0.15) is 20.7 Å². The summed E-state index contributed by atoms with van der Waals surface area (Å²) in [4.78, 5) is 32.9. The number of esters is 2. The summed E-state index contributed by atoms with van der Waals surface area (Å²) in [6.45, 7) is -0.857. The van der Waals surface area contributed by atoms with Crippen molar-refractivity contribution in [1.82, 2.24) is 0 Å². The number of carboxylic acids is 1. The van der Waals surface area contributed by atoms with Crippen molar-refractivity contribution in [2.24, 2.45) is 0 Å². The second-order valence-electron chi connectivity index (χ2n) is 3.29. The molecule has 0 saturated carbocycles. The zero-order valence-corrected chi connectivity index (χ0v) is 9.07. The van der Waals surface area contributed by atoms with Crippen molar-refractivity contribution in [2.75, 3.05) is 6.61 Å². The van der Waals surface area contributed by atoms with Gasteiger partial charge in [-0.05, 0) is 24.3 Å². The molecule has 0 aromatic heterocycles. The Morgan fingerprint density at radius 1 is 1.11 bits per heavy atom. The molecule has 0 amide bonds. The maximum Gasteiger partial charge on any atom is 0.345 e. The Kier molecular flexibility index (Phi) is 4.52. The van der Waals surface area contributed by atoms with Crippen molar-refractivity contribution in [1.29, 1.82) is 0 Å². The fraction of sp³-hybridized carbons (Fsp3) is 0.182. The van der Waals surface area contributed by atoms with Gasteiger partial charge in [-0.25, -0.2) is 14.4 Å². The van der Waals surface area contributed by atoms with E-state index >= 15 is 0 Å². The molecule has 7 nitrogen and oxygen atoms in total. The highest BCUT2D eigenvalue weighted by molar-refractivity contribution is 5.98. The molecule has 0 saturated heterocycles. The van der Waals surface area contributed by atoms with Crippen LogP contribution < -0.4 is 0 Å². The third kappa shape index (κ3) is 3.37. The molecule has 0 spiro atoms. The minimum absolute atomic E-state index is 0.0201. The van der Waals surface area contributed by atoms with Gasteiger partial charge in [-0.3, -0.25) is 0 Å². The average molecular weight is 254 g/mol. The smallest absolute Gasteiger partial charge is 0.345 e. The average Bonchev–Trinajstić information content (AvgIpc) is 2.37. The van der Waals surface area contributed by atoms with Crippen molar-refractivity contribution < 1.29 is 34.4 Å². The summed E-state index contributed by atoms with van der Waals surface area (Å²) in [5.41, 5.74) is -0.0632. The number of carboxylic acid groups (broad SMARTS) is 1. The monoisotopic (exact) mass is 254 g/mol. The summed E-state index contributed by atoms with van der Waals surface area (Å²) in [7, 11) is 0. The van der Waals surface area contributed by atoms with Gasteiger partial charge in [0.25, 0.3) is 0 Å². The third-order valence-electron chi connectivity index (χ3n) is 2.01. The predicted molar refractivity (Wildman–Crippen MR) is 56.9 cm³/mol.